The Morgan fingerprint density at radius 3 is 2.64 bits per heavy atom. The number of rotatable bonds is 6. The Labute approximate surface area is 147 Å². The predicted octanol–water partition coefficient (Wildman–Crippen LogP) is 2.03. The van der Waals surface area contributed by atoms with Crippen molar-refractivity contribution in [1.82, 2.24) is 9.88 Å². The number of carbonyl (C=O) groups is 1. The quantitative estimate of drug-likeness (QED) is 0.825. The summed E-state index contributed by atoms with van der Waals surface area (Å²) in [6, 6.07) is 3.24. The molecule has 0 bridgehead atoms. The van der Waals surface area contributed by atoms with Crippen molar-refractivity contribution >= 4 is 15.9 Å². The fraction of sp³-hybridized carbons (Fsp3) is 0.647. The highest BCUT2D eigenvalue weighted by Crippen LogP contribution is 2.48. The summed E-state index contributed by atoms with van der Waals surface area (Å²) in [5, 5.41) is 8.98. The van der Waals surface area contributed by atoms with Crippen molar-refractivity contribution in [2.75, 3.05) is 26.0 Å². The zero-order valence-electron chi connectivity index (χ0n) is 14.3. The lowest BCUT2D eigenvalue weighted by molar-refractivity contribution is 0.0950. The first-order valence-corrected chi connectivity index (χ1v) is 10.4. The Morgan fingerprint density at radius 2 is 2.08 bits per heavy atom. The molecule has 0 unspecified atom stereocenters. The zero-order valence-corrected chi connectivity index (χ0v) is 15.1. The van der Waals surface area contributed by atoms with Crippen LogP contribution in [0.15, 0.2) is 23.2 Å². The van der Waals surface area contributed by atoms with Gasteiger partial charge in [-0.05, 0) is 49.1 Å². The number of amides is 1. The summed E-state index contributed by atoms with van der Waals surface area (Å²) in [6.07, 6.45) is 4.75. The van der Waals surface area contributed by atoms with Crippen molar-refractivity contribution in [2.24, 2.45) is 17.8 Å². The fourth-order valence-electron chi connectivity index (χ4n) is 3.59. The molecule has 1 aliphatic heterocycles. The molecule has 0 spiro atoms. The number of ether oxygens (including phenoxy) is 1. The molecule has 7 nitrogen and oxygen atoms in total. The van der Waals surface area contributed by atoms with Gasteiger partial charge in [0.25, 0.3) is 0 Å². The predicted molar refractivity (Wildman–Crippen MR) is 90.9 cm³/mol. The molecule has 138 valence electrons. The zero-order chi connectivity index (χ0) is 18.0. The number of piperidine rings is 1. The highest BCUT2D eigenvalue weighted by atomic mass is 32.2. The van der Waals surface area contributed by atoms with Crippen molar-refractivity contribution in [3.8, 4) is 0 Å². The van der Waals surface area contributed by atoms with Crippen LogP contribution in [0.4, 0.5) is 4.79 Å². The maximum absolute atomic E-state index is 11.4. The topological polar surface area (TPSA) is 96.8 Å². The SMILES string of the molecule is CS(=O)(=O)c1ccc(COC[C@H]2C[C@@H]2C2CCN(C(=O)O)CC2)nc1. The molecule has 2 fully saturated rings. The summed E-state index contributed by atoms with van der Waals surface area (Å²) in [6.45, 7) is 2.34. The largest absolute Gasteiger partial charge is 0.465 e. The summed E-state index contributed by atoms with van der Waals surface area (Å²) in [7, 11) is -3.22. The lowest BCUT2D eigenvalue weighted by atomic mass is 9.91. The van der Waals surface area contributed by atoms with Crippen LogP contribution in [0.1, 0.15) is 25.0 Å². The number of likely N-dealkylation sites (tertiary alicyclic amines) is 1. The van der Waals surface area contributed by atoms with E-state index in [2.05, 4.69) is 4.98 Å². The molecule has 2 heterocycles. The smallest absolute Gasteiger partial charge is 0.407 e. The van der Waals surface area contributed by atoms with E-state index in [4.69, 9.17) is 9.84 Å². The molecule has 2 atom stereocenters. The minimum absolute atomic E-state index is 0.214. The van der Waals surface area contributed by atoms with Gasteiger partial charge >= 0.3 is 6.09 Å². The standard InChI is InChI=1S/C17H24N2O5S/c1-25(22,23)15-3-2-14(18-9-15)11-24-10-13-8-16(13)12-4-6-19(7-5-12)17(20)21/h2-3,9,12-13,16H,4-8,10-11H2,1H3,(H,20,21)/t13-,16-/m1/s1. The van der Waals surface area contributed by atoms with E-state index >= 15 is 0 Å². The minimum Gasteiger partial charge on any atom is -0.465 e. The molecule has 1 saturated heterocycles. The second-order valence-electron chi connectivity index (χ2n) is 7.04. The van der Waals surface area contributed by atoms with Gasteiger partial charge in [-0.15, -0.1) is 0 Å². The molecular formula is C17H24N2O5S. The summed E-state index contributed by atoms with van der Waals surface area (Å²) in [5.41, 5.74) is 0.722. The monoisotopic (exact) mass is 368 g/mol. The van der Waals surface area contributed by atoms with Gasteiger partial charge in [-0.25, -0.2) is 13.2 Å². The molecule has 3 rings (SSSR count). The van der Waals surface area contributed by atoms with Gasteiger partial charge in [-0.1, -0.05) is 0 Å². The molecule has 0 radical (unpaired) electrons. The minimum atomic E-state index is -3.22. The number of aromatic nitrogens is 1. The molecule has 1 amide bonds. The van der Waals surface area contributed by atoms with Gasteiger partial charge in [0.05, 0.1) is 23.8 Å². The first kappa shape index (κ1) is 18.1. The van der Waals surface area contributed by atoms with Crippen LogP contribution in [0.5, 0.6) is 0 Å². The lowest BCUT2D eigenvalue weighted by Gasteiger charge is -2.30. The molecular weight excluding hydrogens is 344 g/mol. The number of pyridine rings is 1. The molecule has 8 heteroatoms. The van der Waals surface area contributed by atoms with E-state index in [0.29, 0.717) is 44.1 Å². The van der Waals surface area contributed by atoms with Crippen LogP contribution in [0.25, 0.3) is 0 Å². The molecule has 1 aromatic heterocycles. The van der Waals surface area contributed by atoms with Crippen LogP contribution >= 0.6 is 0 Å². The van der Waals surface area contributed by atoms with E-state index in [1.807, 2.05) is 0 Å². The number of carboxylic acid groups (broad SMARTS) is 1. The van der Waals surface area contributed by atoms with Crippen LogP contribution in [0, 0.1) is 17.8 Å². The van der Waals surface area contributed by atoms with Crippen molar-refractivity contribution in [1.29, 1.82) is 0 Å². The van der Waals surface area contributed by atoms with E-state index in [1.165, 1.54) is 11.1 Å². The fourth-order valence-corrected chi connectivity index (χ4v) is 4.15. The van der Waals surface area contributed by atoms with Crippen molar-refractivity contribution in [3.63, 3.8) is 0 Å². The summed E-state index contributed by atoms with van der Waals surface area (Å²) < 4.78 is 28.5. The Bertz CT molecular complexity index is 711. The molecule has 0 aromatic carbocycles. The van der Waals surface area contributed by atoms with Gasteiger partial charge in [0.1, 0.15) is 0 Å². The number of hydrogen-bond acceptors (Lipinski definition) is 5. The van der Waals surface area contributed by atoms with Gasteiger partial charge in [0.15, 0.2) is 9.84 Å². The highest BCUT2D eigenvalue weighted by molar-refractivity contribution is 7.90. The average Bonchev–Trinajstić information content (AvgIpc) is 3.34. The van der Waals surface area contributed by atoms with Gasteiger partial charge in [0, 0.05) is 25.5 Å². The first-order chi connectivity index (χ1) is 11.8. The Morgan fingerprint density at radius 1 is 1.36 bits per heavy atom. The van der Waals surface area contributed by atoms with E-state index in [-0.39, 0.29) is 4.90 Å². The normalized spacial score (nSPS) is 24.3. The average molecular weight is 368 g/mol. The van der Waals surface area contributed by atoms with Crippen molar-refractivity contribution < 1.29 is 23.1 Å². The summed E-state index contributed by atoms with van der Waals surface area (Å²) >= 11 is 0. The van der Waals surface area contributed by atoms with Gasteiger partial charge in [-0.3, -0.25) is 4.98 Å². The van der Waals surface area contributed by atoms with Crippen LogP contribution in [-0.4, -0.2) is 55.5 Å². The maximum Gasteiger partial charge on any atom is 0.407 e. The Kier molecular flexibility index (Phi) is 5.29. The molecule has 1 aromatic rings. The van der Waals surface area contributed by atoms with Crippen LogP contribution in [-0.2, 0) is 21.2 Å². The first-order valence-electron chi connectivity index (χ1n) is 8.55. The van der Waals surface area contributed by atoms with Gasteiger partial charge in [-0.2, -0.15) is 0 Å². The number of sulfone groups is 1. The summed E-state index contributed by atoms with van der Waals surface area (Å²) in [4.78, 5) is 16.8. The maximum atomic E-state index is 11.4. The van der Waals surface area contributed by atoms with E-state index in [9.17, 15) is 13.2 Å². The van der Waals surface area contributed by atoms with Crippen LogP contribution in [0.2, 0.25) is 0 Å². The van der Waals surface area contributed by atoms with Gasteiger partial charge in [0.2, 0.25) is 0 Å². The third-order valence-electron chi connectivity index (χ3n) is 5.20. The molecule has 25 heavy (non-hydrogen) atoms. The van der Waals surface area contributed by atoms with E-state index in [0.717, 1.165) is 31.2 Å². The molecule has 1 N–H and O–H groups in total. The highest BCUT2D eigenvalue weighted by Gasteiger charge is 2.43. The van der Waals surface area contributed by atoms with Crippen LogP contribution < -0.4 is 0 Å². The Hall–Kier alpha value is -1.67. The Balaban J connectivity index is 1.38. The van der Waals surface area contributed by atoms with Gasteiger partial charge < -0.3 is 14.7 Å². The van der Waals surface area contributed by atoms with Crippen molar-refractivity contribution in [2.45, 2.75) is 30.8 Å². The third kappa shape index (κ3) is 4.70. The molecule has 2 aliphatic rings. The second-order valence-corrected chi connectivity index (χ2v) is 9.05. The molecule has 1 saturated carbocycles. The van der Waals surface area contributed by atoms with Crippen molar-refractivity contribution in [3.05, 3.63) is 24.0 Å². The van der Waals surface area contributed by atoms with Crippen LogP contribution in [0.3, 0.4) is 0 Å². The third-order valence-corrected chi connectivity index (χ3v) is 6.30. The van der Waals surface area contributed by atoms with E-state index < -0.39 is 15.9 Å². The number of nitrogens with zero attached hydrogens (tertiary/aromatic N) is 2. The number of hydrogen-bond donors (Lipinski definition) is 1. The summed E-state index contributed by atoms with van der Waals surface area (Å²) in [5.74, 6) is 1.81. The lowest BCUT2D eigenvalue weighted by Crippen LogP contribution is -2.38. The second kappa shape index (κ2) is 7.29. The van der Waals surface area contributed by atoms with E-state index in [1.54, 1.807) is 12.1 Å². The molecule has 1 aliphatic carbocycles.